The molecule has 0 unspecified atom stereocenters. The maximum atomic E-state index is 11.5. The highest BCUT2D eigenvalue weighted by atomic mass is 32.2. The number of hydrogen-bond donors (Lipinski definition) is 1. The predicted octanol–water partition coefficient (Wildman–Crippen LogP) is 1.17. The zero-order valence-electron chi connectivity index (χ0n) is 8.32. The van der Waals surface area contributed by atoms with E-state index in [9.17, 15) is 8.42 Å². The van der Waals surface area contributed by atoms with Gasteiger partial charge in [-0.25, -0.2) is 8.42 Å². The SMILES string of the molecule is NC1(c2cc3c(s2)CCS(=O)(=O)C3)CC1. The van der Waals surface area contributed by atoms with Crippen molar-refractivity contribution in [3.8, 4) is 0 Å². The molecule has 2 N–H and O–H groups in total. The second-order valence-electron chi connectivity index (χ2n) is 4.56. The van der Waals surface area contributed by atoms with E-state index in [-0.39, 0.29) is 11.3 Å². The van der Waals surface area contributed by atoms with Gasteiger partial charge in [0.2, 0.25) is 0 Å². The van der Waals surface area contributed by atoms with E-state index < -0.39 is 9.84 Å². The molecule has 5 heteroatoms. The van der Waals surface area contributed by atoms with Crippen molar-refractivity contribution in [2.45, 2.75) is 30.6 Å². The lowest BCUT2D eigenvalue weighted by Gasteiger charge is -2.10. The van der Waals surface area contributed by atoms with Crippen LogP contribution < -0.4 is 5.73 Å². The van der Waals surface area contributed by atoms with Crippen LogP contribution >= 0.6 is 11.3 Å². The molecule has 15 heavy (non-hydrogen) atoms. The highest BCUT2D eigenvalue weighted by Crippen LogP contribution is 2.47. The Morgan fingerprint density at radius 2 is 2.13 bits per heavy atom. The number of fused-ring (bicyclic) bond motifs is 1. The van der Waals surface area contributed by atoms with Gasteiger partial charge in [-0.1, -0.05) is 0 Å². The maximum Gasteiger partial charge on any atom is 0.154 e. The Morgan fingerprint density at radius 3 is 2.80 bits per heavy atom. The van der Waals surface area contributed by atoms with E-state index in [0.717, 1.165) is 18.4 Å². The number of rotatable bonds is 1. The number of aryl methyl sites for hydroxylation is 1. The van der Waals surface area contributed by atoms with Gasteiger partial charge in [-0.05, 0) is 30.9 Å². The van der Waals surface area contributed by atoms with Gasteiger partial charge in [-0.2, -0.15) is 0 Å². The molecule has 1 aliphatic heterocycles. The number of nitrogens with two attached hydrogens (primary N) is 1. The predicted molar refractivity (Wildman–Crippen MR) is 60.6 cm³/mol. The van der Waals surface area contributed by atoms with E-state index in [1.807, 2.05) is 6.07 Å². The molecule has 3 nitrogen and oxygen atoms in total. The molecule has 3 rings (SSSR count). The fourth-order valence-electron chi connectivity index (χ4n) is 1.98. The molecule has 0 atom stereocenters. The minimum absolute atomic E-state index is 0.119. The smallest absolute Gasteiger partial charge is 0.154 e. The summed E-state index contributed by atoms with van der Waals surface area (Å²) in [6.45, 7) is 0. The lowest BCUT2D eigenvalue weighted by atomic mass is 10.2. The van der Waals surface area contributed by atoms with Crippen LogP contribution in [0.2, 0.25) is 0 Å². The summed E-state index contributed by atoms with van der Waals surface area (Å²) in [7, 11) is -2.84. The molecule has 0 bridgehead atoms. The highest BCUT2D eigenvalue weighted by Gasteiger charge is 2.42. The summed E-state index contributed by atoms with van der Waals surface area (Å²) in [6.07, 6.45) is 2.76. The minimum Gasteiger partial charge on any atom is -0.321 e. The Kier molecular flexibility index (Phi) is 1.86. The fraction of sp³-hybridized carbons (Fsp3) is 0.600. The first-order valence-corrected chi connectivity index (χ1v) is 7.74. The van der Waals surface area contributed by atoms with Crippen LogP contribution in [0.3, 0.4) is 0 Å². The Labute approximate surface area is 93.2 Å². The van der Waals surface area contributed by atoms with Gasteiger partial charge in [-0.3, -0.25) is 0 Å². The molecule has 0 amide bonds. The molecule has 1 aliphatic carbocycles. The minimum atomic E-state index is -2.84. The standard InChI is InChI=1S/C10H13NO2S2/c11-10(2-3-10)9-5-7-6-15(12,13)4-1-8(7)14-9/h5H,1-4,6,11H2. The summed E-state index contributed by atoms with van der Waals surface area (Å²) in [5, 5.41) is 0. The Bertz CT molecular complexity index is 512. The quantitative estimate of drug-likeness (QED) is 0.805. The van der Waals surface area contributed by atoms with Crippen LogP contribution in [-0.2, 0) is 27.5 Å². The summed E-state index contributed by atoms with van der Waals surface area (Å²) in [4.78, 5) is 2.42. The molecule has 2 heterocycles. The van der Waals surface area contributed by atoms with Gasteiger partial charge in [0.25, 0.3) is 0 Å². The zero-order chi connectivity index (χ0) is 10.7. The topological polar surface area (TPSA) is 60.2 Å². The fourth-order valence-corrected chi connectivity index (χ4v) is 4.94. The average Bonchev–Trinajstić information content (AvgIpc) is 2.76. The first-order valence-electron chi connectivity index (χ1n) is 5.10. The largest absolute Gasteiger partial charge is 0.321 e. The van der Waals surface area contributed by atoms with E-state index in [1.165, 1.54) is 9.75 Å². The van der Waals surface area contributed by atoms with Crippen molar-refractivity contribution in [1.29, 1.82) is 0 Å². The summed E-state index contributed by atoms with van der Waals surface area (Å²) in [5.41, 5.74) is 6.99. The van der Waals surface area contributed by atoms with Crippen LogP contribution in [-0.4, -0.2) is 14.2 Å². The van der Waals surface area contributed by atoms with Crippen LogP contribution in [0.4, 0.5) is 0 Å². The number of hydrogen-bond acceptors (Lipinski definition) is 4. The van der Waals surface area contributed by atoms with E-state index in [4.69, 9.17) is 5.73 Å². The Balaban J connectivity index is 2.02. The van der Waals surface area contributed by atoms with Crippen LogP contribution in [0.15, 0.2) is 6.07 Å². The maximum absolute atomic E-state index is 11.5. The second-order valence-corrected chi connectivity index (χ2v) is 7.88. The molecule has 1 aromatic rings. The third-order valence-corrected chi connectivity index (χ3v) is 6.23. The Morgan fingerprint density at radius 1 is 1.40 bits per heavy atom. The van der Waals surface area contributed by atoms with Crippen LogP contribution in [0.25, 0.3) is 0 Å². The average molecular weight is 243 g/mol. The van der Waals surface area contributed by atoms with Crippen molar-refractivity contribution in [1.82, 2.24) is 0 Å². The normalized spacial score (nSPS) is 25.9. The molecule has 1 saturated carbocycles. The van der Waals surface area contributed by atoms with Crippen molar-refractivity contribution in [2.24, 2.45) is 5.73 Å². The van der Waals surface area contributed by atoms with Crippen molar-refractivity contribution >= 4 is 21.2 Å². The van der Waals surface area contributed by atoms with Gasteiger partial charge in [-0.15, -0.1) is 11.3 Å². The van der Waals surface area contributed by atoms with Gasteiger partial charge in [0, 0.05) is 9.75 Å². The molecule has 1 fully saturated rings. The van der Waals surface area contributed by atoms with Gasteiger partial charge in [0.15, 0.2) is 9.84 Å². The molecular formula is C10H13NO2S2. The van der Waals surface area contributed by atoms with Crippen LogP contribution in [0.5, 0.6) is 0 Å². The molecule has 1 aromatic heterocycles. The van der Waals surface area contributed by atoms with E-state index in [0.29, 0.717) is 12.2 Å². The van der Waals surface area contributed by atoms with Crippen molar-refractivity contribution < 1.29 is 8.42 Å². The zero-order valence-corrected chi connectivity index (χ0v) is 9.96. The highest BCUT2D eigenvalue weighted by molar-refractivity contribution is 7.90. The van der Waals surface area contributed by atoms with Crippen molar-refractivity contribution in [3.05, 3.63) is 21.4 Å². The molecule has 0 aromatic carbocycles. The van der Waals surface area contributed by atoms with Gasteiger partial charge in [0.1, 0.15) is 0 Å². The van der Waals surface area contributed by atoms with Crippen LogP contribution in [0.1, 0.15) is 28.2 Å². The van der Waals surface area contributed by atoms with E-state index in [2.05, 4.69) is 0 Å². The number of sulfone groups is 1. The van der Waals surface area contributed by atoms with Gasteiger partial charge in [0.05, 0.1) is 17.0 Å². The monoisotopic (exact) mass is 243 g/mol. The molecule has 0 saturated heterocycles. The summed E-state index contributed by atoms with van der Waals surface area (Å²) < 4.78 is 22.9. The second kappa shape index (κ2) is 2.84. The number of thiophene rings is 1. The molecular weight excluding hydrogens is 230 g/mol. The first-order chi connectivity index (χ1) is 6.99. The van der Waals surface area contributed by atoms with E-state index in [1.54, 1.807) is 11.3 Å². The van der Waals surface area contributed by atoms with Crippen molar-refractivity contribution in [3.63, 3.8) is 0 Å². The first kappa shape index (κ1) is 9.81. The lowest BCUT2D eigenvalue weighted by molar-refractivity contribution is 0.592. The molecule has 0 radical (unpaired) electrons. The van der Waals surface area contributed by atoms with Gasteiger partial charge < -0.3 is 5.73 Å². The van der Waals surface area contributed by atoms with E-state index >= 15 is 0 Å². The Hall–Kier alpha value is -0.390. The molecule has 0 spiro atoms. The van der Waals surface area contributed by atoms with Crippen LogP contribution in [0, 0.1) is 0 Å². The molecule has 82 valence electrons. The third kappa shape index (κ3) is 1.62. The summed E-state index contributed by atoms with van der Waals surface area (Å²) in [5.74, 6) is 0.520. The van der Waals surface area contributed by atoms with Crippen molar-refractivity contribution in [2.75, 3.05) is 5.75 Å². The summed E-state index contributed by atoms with van der Waals surface area (Å²) in [6, 6.07) is 2.02. The molecule has 2 aliphatic rings. The summed E-state index contributed by atoms with van der Waals surface area (Å²) >= 11 is 1.72. The third-order valence-electron chi connectivity index (χ3n) is 3.19. The lowest BCUT2D eigenvalue weighted by Crippen LogP contribution is -2.17. The van der Waals surface area contributed by atoms with Gasteiger partial charge >= 0.3 is 0 Å².